The summed E-state index contributed by atoms with van der Waals surface area (Å²) in [5.74, 6) is 6.49. The van der Waals surface area contributed by atoms with Gasteiger partial charge in [0.25, 0.3) is 0 Å². The normalized spacial score (nSPS) is 11.2. The van der Waals surface area contributed by atoms with Crippen LogP contribution < -0.4 is 5.32 Å². The third kappa shape index (κ3) is 43.8. The van der Waals surface area contributed by atoms with E-state index in [1.807, 2.05) is 0 Å². The van der Waals surface area contributed by atoms with Gasteiger partial charge in [0.15, 0.2) is 0 Å². The Kier molecular flexibility index (Phi) is 45.3. The van der Waals surface area contributed by atoms with Crippen molar-refractivity contribution in [1.82, 2.24) is 10.2 Å². The van der Waals surface area contributed by atoms with Crippen LogP contribution in [0.25, 0.3) is 0 Å². The third-order valence-electron chi connectivity index (χ3n) is 11.5. The summed E-state index contributed by atoms with van der Waals surface area (Å²) in [5.41, 5.74) is 0. The molecule has 0 aliphatic carbocycles. The minimum Gasteiger partial charge on any atom is -0.466 e. The minimum absolute atomic E-state index is 0.0145. The molecule has 0 radical (unpaired) electrons. The lowest BCUT2D eigenvalue weighted by molar-refractivity contribution is -0.150. The van der Waals surface area contributed by atoms with Crippen molar-refractivity contribution in [1.29, 1.82) is 0 Å². The Morgan fingerprint density at radius 1 is 0.458 bits per heavy atom. The molecule has 0 aromatic heterocycles. The second-order valence-electron chi connectivity index (χ2n) is 17.4. The van der Waals surface area contributed by atoms with Crippen LogP contribution in [-0.2, 0) is 23.9 Å². The highest BCUT2D eigenvalue weighted by molar-refractivity contribution is 5.75. The molecule has 7 heteroatoms. The SMILES string of the molecule is CCCCC#CCCCOC(=O)CCCCCCCN(CCCCCCCC(=O)OC(CCCCCCCC)CCCCCCCC)CCCNC(=O)CCCCCC. The van der Waals surface area contributed by atoms with Crippen LogP contribution in [0.2, 0.25) is 0 Å². The summed E-state index contributed by atoms with van der Waals surface area (Å²) < 4.78 is 11.5. The Hall–Kier alpha value is -2.07. The smallest absolute Gasteiger partial charge is 0.306 e. The maximum Gasteiger partial charge on any atom is 0.306 e. The molecule has 0 rings (SSSR count). The molecule has 0 spiro atoms. The average molecular weight is 831 g/mol. The number of unbranched alkanes of at least 4 members (excludes halogenated alkanes) is 24. The topological polar surface area (TPSA) is 84.9 Å². The molecule has 0 saturated heterocycles. The molecule has 0 aromatic carbocycles. The van der Waals surface area contributed by atoms with Crippen LogP contribution in [0, 0.1) is 11.8 Å². The highest BCUT2D eigenvalue weighted by Gasteiger charge is 2.14. The molecule has 0 aliphatic heterocycles. The first-order chi connectivity index (χ1) is 29.0. The number of ether oxygens (including phenoxy) is 2. The molecule has 346 valence electrons. The summed E-state index contributed by atoms with van der Waals surface area (Å²) in [6.45, 7) is 13.3. The number of nitrogens with zero attached hydrogens (tertiary/aromatic N) is 1. The molecular formula is C52H98N2O5. The molecule has 59 heavy (non-hydrogen) atoms. The maximum absolute atomic E-state index is 12.8. The van der Waals surface area contributed by atoms with Gasteiger partial charge in [-0.25, -0.2) is 0 Å². The van der Waals surface area contributed by atoms with E-state index in [1.54, 1.807) is 0 Å². The van der Waals surface area contributed by atoms with Crippen molar-refractivity contribution in [3.63, 3.8) is 0 Å². The van der Waals surface area contributed by atoms with E-state index in [1.165, 1.54) is 116 Å². The Morgan fingerprint density at radius 2 is 0.881 bits per heavy atom. The predicted molar refractivity (Wildman–Crippen MR) is 252 cm³/mol. The number of rotatable bonds is 45. The molecule has 0 atom stereocenters. The van der Waals surface area contributed by atoms with Crippen molar-refractivity contribution in [2.24, 2.45) is 0 Å². The lowest BCUT2D eigenvalue weighted by atomic mass is 10.0. The number of esters is 2. The first kappa shape index (κ1) is 56.9. The maximum atomic E-state index is 12.8. The lowest BCUT2D eigenvalue weighted by Crippen LogP contribution is -2.31. The Labute approximate surface area is 366 Å². The van der Waals surface area contributed by atoms with Crippen LogP contribution in [-0.4, -0.2) is 61.6 Å². The molecule has 7 nitrogen and oxygen atoms in total. The van der Waals surface area contributed by atoms with Crippen LogP contribution in [0.5, 0.6) is 0 Å². The van der Waals surface area contributed by atoms with Crippen LogP contribution in [0.15, 0.2) is 0 Å². The first-order valence-electron chi connectivity index (χ1n) is 25.8. The van der Waals surface area contributed by atoms with E-state index in [-0.39, 0.29) is 23.9 Å². The standard InChI is InChI=1S/C52H98N2O5/c1-5-9-13-17-20-29-37-48-58-51(56)42-33-25-21-27-35-45-54(47-38-44-53-50(55)41-32-16-12-8-4)46-36-28-22-26-34-43-52(57)59-49(39-30-23-18-14-10-6-2)40-31-24-19-15-11-7-3/h49H,5-16,18-19,21-48H2,1-4H3,(H,53,55). The van der Waals surface area contributed by atoms with E-state index < -0.39 is 0 Å². The minimum atomic E-state index is -0.0747. The zero-order chi connectivity index (χ0) is 43.1. The van der Waals surface area contributed by atoms with Gasteiger partial charge in [-0.1, -0.05) is 156 Å². The monoisotopic (exact) mass is 831 g/mol. The molecule has 0 aromatic rings. The van der Waals surface area contributed by atoms with Crippen molar-refractivity contribution in [3.05, 3.63) is 0 Å². The van der Waals surface area contributed by atoms with Crippen LogP contribution in [0.1, 0.15) is 265 Å². The van der Waals surface area contributed by atoms with Crippen LogP contribution in [0.3, 0.4) is 0 Å². The van der Waals surface area contributed by atoms with Crippen molar-refractivity contribution in [2.45, 2.75) is 271 Å². The van der Waals surface area contributed by atoms with Crippen LogP contribution >= 0.6 is 0 Å². The molecule has 0 saturated carbocycles. The quantitative estimate of drug-likeness (QED) is 0.0374. The molecule has 0 unspecified atom stereocenters. The molecule has 1 N–H and O–H groups in total. The molecule has 0 heterocycles. The third-order valence-corrected chi connectivity index (χ3v) is 11.5. The zero-order valence-electron chi connectivity index (χ0n) is 39.8. The van der Waals surface area contributed by atoms with Gasteiger partial charge >= 0.3 is 11.9 Å². The zero-order valence-corrected chi connectivity index (χ0v) is 39.8. The summed E-state index contributed by atoms with van der Waals surface area (Å²) in [4.78, 5) is 39.8. The molecule has 0 aliphatic rings. The molecule has 0 bridgehead atoms. The number of nitrogens with one attached hydrogen (secondary N) is 1. The van der Waals surface area contributed by atoms with Crippen molar-refractivity contribution >= 4 is 17.8 Å². The van der Waals surface area contributed by atoms with Gasteiger partial charge in [0.05, 0.1) is 6.61 Å². The molecule has 0 fully saturated rings. The second kappa shape index (κ2) is 47.0. The molecular weight excluding hydrogens is 733 g/mol. The summed E-state index contributed by atoms with van der Waals surface area (Å²) in [5, 5.41) is 3.14. The van der Waals surface area contributed by atoms with Gasteiger partial charge in [-0.15, -0.1) is 11.8 Å². The van der Waals surface area contributed by atoms with E-state index in [9.17, 15) is 14.4 Å². The Bertz CT molecular complexity index is 975. The largest absolute Gasteiger partial charge is 0.466 e. The summed E-state index contributed by atoms with van der Waals surface area (Å²) in [6.07, 6.45) is 40.6. The molecule has 1 amide bonds. The summed E-state index contributed by atoms with van der Waals surface area (Å²) in [7, 11) is 0. The average Bonchev–Trinajstić information content (AvgIpc) is 3.23. The fourth-order valence-electron chi connectivity index (χ4n) is 7.61. The fourth-order valence-corrected chi connectivity index (χ4v) is 7.61. The van der Waals surface area contributed by atoms with Gasteiger partial charge < -0.3 is 19.7 Å². The van der Waals surface area contributed by atoms with E-state index in [0.29, 0.717) is 25.9 Å². The van der Waals surface area contributed by atoms with Gasteiger partial charge in [0, 0.05) is 38.6 Å². The predicted octanol–water partition coefficient (Wildman–Crippen LogP) is 14.4. The number of hydrogen-bond acceptors (Lipinski definition) is 6. The van der Waals surface area contributed by atoms with Gasteiger partial charge in [-0.3, -0.25) is 14.4 Å². The van der Waals surface area contributed by atoms with Crippen molar-refractivity contribution < 1.29 is 23.9 Å². The second-order valence-corrected chi connectivity index (χ2v) is 17.4. The van der Waals surface area contributed by atoms with Gasteiger partial charge in [-0.2, -0.15) is 0 Å². The Morgan fingerprint density at radius 3 is 1.44 bits per heavy atom. The van der Waals surface area contributed by atoms with E-state index >= 15 is 0 Å². The van der Waals surface area contributed by atoms with E-state index in [4.69, 9.17) is 9.47 Å². The number of amides is 1. The number of hydrogen-bond donors (Lipinski definition) is 1. The number of carbonyl (C=O) groups excluding carboxylic acids is 3. The van der Waals surface area contributed by atoms with Gasteiger partial charge in [0.2, 0.25) is 5.91 Å². The summed E-state index contributed by atoms with van der Waals surface area (Å²) >= 11 is 0. The lowest BCUT2D eigenvalue weighted by Gasteiger charge is -2.22. The van der Waals surface area contributed by atoms with Crippen LogP contribution in [0.4, 0.5) is 0 Å². The summed E-state index contributed by atoms with van der Waals surface area (Å²) in [6, 6.07) is 0. The Balaban J connectivity index is 4.48. The first-order valence-corrected chi connectivity index (χ1v) is 25.8. The van der Waals surface area contributed by atoms with Gasteiger partial charge in [-0.05, 0) is 96.7 Å². The van der Waals surface area contributed by atoms with E-state index in [0.717, 1.165) is 129 Å². The fraction of sp³-hybridized carbons (Fsp3) is 0.904. The van der Waals surface area contributed by atoms with Gasteiger partial charge in [0.1, 0.15) is 6.10 Å². The highest BCUT2D eigenvalue weighted by Crippen LogP contribution is 2.18. The van der Waals surface area contributed by atoms with Crippen molar-refractivity contribution in [2.75, 3.05) is 32.8 Å². The highest BCUT2D eigenvalue weighted by atomic mass is 16.5. The van der Waals surface area contributed by atoms with Crippen molar-refractivity contribution in [3.8, 4) is 11.8 Å². The number of carbonyl (C=O) groups is 3. The van der Waals surface area contributed by atoms with E-state index in [2.05, 4.69) is 49.8 Å².